The van der Waals surface area contributed by atoms with Gasteiger partial charge in [-0.05, 0) is 38.8 Å². The molecule has 0 spiro atoms. The Bertz CT molecular complexity index is 474. The number of nitrogens with one attached hydrogen (secondary N) is 1. The Hall–Kier alpha value is -0.870. The zero-order valence-corrected chi connectivity index (χ0v) is 14.7. The van der Waals surface area contributed by atoms with Crippen molar-refractivity contribution in [2.24, 2.45) is 5.92 Å². The summed E-state index contributed by atoms with van der Waals surface area (Å²) in [6.45, 7) is 8.95. The van der Waals surface area contributed by atoms with Crippen molar-refractivity contribution in [1.29, 1.82) is 0 Å². The Morgan fingerprint density at radius 1 is 1.38 bits per heavy atom. The minimum Gasteiger partial charge on any atom is -0.343 e. The lowest BCUT2D eigenvalue weighted by Gasteiger charge is -2.32. The van der Waals surface area contributed by atoms with Gasteiger partial charge in [0.25, 0.3) is 0 Å². The summed E-state index contributed by atoms with van der Waals surface area (Å²) in [6.07, 6.45) is 2.21. The Kier molecular flexibility index (Phi) is 6.24. The summed E-state index contributed by atoms with van der Waals surface area (Å²) in [7, 11) is 0. The maximum Gasteiger partial charge on any atom is 0.231 e. The van der Waals surface area contributed by atoms with Gasteiger partial charge in [0.15, 0.2) is 0 Å². The van der Waals surface area contributed by atoms with Crippen LogP contribution in [0.25, 0.3) is 0 Å². The molecule has 1 heterocycles. The van der Waals surface area contributed by atoms with Crippen LogP contribution in [0.2, 0.25) is 0 Å². The highest BCUT2D eigenvalue weighted by molar-refractivity contribution is 9.10. The quantitative estimate of drug-likeness (QED) is 0.861. The Morgan fingerprint density at radius 3 is 2.81 bits per heavy atom. The summed E-state index contributed by atoms with van der Waals surface area (Å²) in [4.78, 5) is 16.0. The van der Waals surface area contributed by atoms with Gasteiger partial charge < -0.3 is 9.80 Å². The normalized spacial score (nSPS) is 22.0. The number of likely N-dealkylation sites (tertiary alicyclic amines) is 1. The van der Waals surface area contributed by atoms with E-state index < -0.39 is 0 Å². The molecule has 116 valence electrons. The van der Waals surface area contributed by atoms with Gasteiger partial charge in [-0.1, -0.05) is 28.1 Å². The maximum absolute atomic E-state index is 12.5. The summed E-state index contributed by atoms with van der Waals surface area (Å²) < 4.78 is 1.13. The molecule has 0 saturated carbocycles. The highest BCUT2D eigenvalue weighted by Crippen LogP contribution is 2.13. The molecule has 0 aliphatic carbocycles. The molecular weight excluding hydrogens is 328 g/mol. The highest BCUT2D eigenvalue weighted by Gasteiger charge is 2.30. The van der Waals surface area contributed by atoms with Gasteiger partial charge >= 0.3 is 0 Å². The van der Waals surface area contributed by atoms with Gasteiger partial charge in [0.1, 0.15) is 6.54 Å². The second-order valence-electron chi connectivity index (χ2n) is 5.86. The molecule has 3 nitrogen and oxygen atoms in total. The first kappa shape index (κ1) is 16.5. The maximum atomic E-state index is 12.5. The molecule has 1 N–H and O–H groups in total. The molecule has 2 rings (SSSR count). The first-order valence-corrected chi connectivity index (χ1v) is 8.80. The van der Waals surface area contributed by atoms with E-state index in [4.69, 9.17) is 0 Å². The SMILES string of the molecule is CCN(CC)C(=O)[C@H]1CCC[NH+](Cc2cccc(Br)c2)C1. The molecule has 2 atom stereocenters. The van der Waals surface area contributed by atoms with Crippen LogP contribution in [0.15, 0.2) is 28.7 Å². The standard InChI is InChI=1S/C17H25BrN2O/c1-3-20(4-2)17(21)15-8-6-10-19(13-15)12-14-7-5-9-16(18)11-14/h5,7,9,11,15H,3-4,6,8,10,12-13H2,1-2H3/p+1/t15-/m0/s1. The monoisotopic (exact) mass is 353 g/mol. The number of quaternary nitrogens is 1. The molecule has 0 bridgehead atoms. The van der Waals surface area contributed by atoms with Crippen molar-refractivity contribution in [3.63, 3.8) is 0 Å². The fourth-order valence-electron chi connectivity index (χ4n) is 3.25. The van der Waals surface area contributed by atoms with Crippen molar-refractivity contribution in [3.8, 4) is 0 Å². The molecule has 1 fully saturated rings. The minimum atomic E-state index is 0.209. The number of nitrogens with zero attached hydrogens (tertiary/aromatic N) is 1. The van der Waals surface area contributed by atoms with Gasteiger partial charge in [-0.15, -0.1) is 0 Å². The van der Waals surface area contributed by atoms with E-state index in [-0.39, 0.29) is 5.92 Å². The van der Waals surface area contributed by atoms with Gasteiger partial charge in [-0.2, -0.15) is 0 Å². The highest BCUT2D eigenvalue weighted by atomic mass is 79.9. The van der Waals surface area contributed by atoms with Crippen LogP contribution in [0.4, 0.5) is 0 Å². The van der Waals surface area contributed by atoms with Crippen molar-refractivity contribution in [2.75, 3.05) is 26.2 Å². The summed E-state index contributed by atoms with van der Waals surface area (Å²) in [5, 5.41) is 0. The van der Waals surface area contributed by atoms with Crippen molar-refractivity contribution in [2.45, 2.75) is 33.2 Å². The number of benzene rings is 1. The number of amides is 1. The van der Waals surface area contributed by atoms with E-state index in [1.165, 1.54) is 17.0 Å². The van der Waals surface area contributed by atoms with E-state index >= 15 is 0 Å². The van der Waals surface area contributed by atoms with Crippen LogP contribution in [-0.4, -0.2) is 37.0 Å². The number of hydrogen-bond acceptors (Lipinski definition) is 1. The van der Waals surface area contributed by atoms with E-state index in [9.17, 15) is 4.79 Å². The largest absolute Gasteiger partial charge is 0.343 e. The number of hydrogen-bond donors (Lipinski definition) is 1. The van der Waals surface area contributed by atoms with E-state index in [0.29, 0.717) is 5.91 Å². The topological polar surface area (TPSA) is 24.8 Å². The van der Waals surface area contributed by atoms with Gasteiger partial charge in [0.05, 0.1) is 19.0 Å². The summed E-state index contributed by atoms with van der Waals surface area (Å²) in [5.74, 6) is 0.562. The predicted octanol–water partition coefficient (Wildman–Crippen LogP) is 2.11. The molecule has 1 aliphatic rings. The van der Waals surface area contributed by atoms with Crippen molar-refractivity contribution < 1.29 is 9.69 Å². The van der Waals surface area contributed by atoms with Crippen LogP contribution >= 0.6 is 15.9 Å². The lowest BCUT2D eigenvalue weighted by atomic mass is 9.96. The summed E-state index contributed by atoms with van der Waals surface area (Å²) in [5.41, 5.74) is 1.34. The second kappa shape index (κ2) is 7.95. The van der Waals surface area contributed by atoms with E-state index in [1.807, 2.05) is 4.90 Å². The molecule has 1 aliphatic heterocycles. The zero-order chi connectivity index (χ0) is 15.2. The van der Waals surface area contributed by atoms with Crippen molar-refractivity contribution in [3.05, 3.63) is 34.3 Å². The Labute approximate surface area is 136 Å². The Balaban J connectivity index is 1.96. The zero-order valence-electron chi connectivity index (χ0n) is 13.1. The third-order valence-electron chi connectivity index (χ3n) is 4.39. The predicted molar refractivity (Wildman–Crippen MR) is 89.2 cm³/mol. The summed E-state index contributed by atoms with van der Waals surface area (Å²) in [6, 6.07) is 8.50. The van der Waals surface area contributed by atoms with Gasteiger partial charge in [-0.25, -0.2) is 0 Å². The lowest BCUT2D eigenvalue weighted by Crippen LogP contribution is -3.12. The molecule has 21 heavy (non-hydrogen) atoms. The smallest absolute Gasteiger partial charge is 0.231 e. The molecule has 1 aromatic rings. The number of carbonyl (C=O) groups excluding carboxylic acids is 1. The average Bonchev–Trinajstić information content (AvgIpc) is 2.48. The number of piperidine rings is 1. The molecule has 0 aromatic heterocycles. The first-order chi connectivity index (χ1) is 10.1. The lowest BCUT2D eigenvalue weighted by molar-refractivity contribution is -0.921. The molecule has 0 radical (unpaired) electrons. The molecule has 4 heteroatoms. The fraction of sp³-hybridized carbons (Fsp3) is 0.588. The number of rotatable bonds is 5. The van der Waals surface area contributed by atoms with Crippen LogP contribution in [-0.2, 0) is 11.3 Å². The molecule has 1 amide bonds. The Morgan fingerprint density at radius 2 is 2.14 bits per heavy atom. The fourth-order valence-corrected chi connectivity index (χ4v) is 3.70. The molecule has 1 aromatic carbocycles. The molecule has 1 saturated heterocycles. The summed E-state index contributed by atoms with van der Waals surface area (Å²) >= 11 is 3.53. The van der Waals surface area contributed by atoms with Crippen LogP contribution < -0.4 is 4.90 Å². The number of halogens is 1. The van der Waals surface area contributed by atoms with Gasteiger partial charge in [-0.3, -0.25) is 4.79 Å². The van der Waals surface area contributed by atoms with Crippen LogP contribution in [0.5, 0.6) is 0 Å². The van der Waals surface area contributed by atoms with E-state index in [0.717, 1.165) is 43.5 Å². The van der Waals surface area contributed by atoms with Gasteiger partial charge in [0, 0.05) is 23.1 Å². The average molecular weight is 354 g/mol. The third-order valence-corrected chi connectivity index (χ3v) is 4.88. The van der Waals surface area contributed by atoms with Crippen LogP contribution in [0, 0.1) is 5.92 Å². The van der Waals surface area contributed by atoms with Crippen molar-refractivity contribution in [1.82, 2.24) is 4.90 Å². The third kappa shape index (κ3) is 4.55. The van der Waals surface area contributed by atoms with E-state index in [2.05, 4.69) is 54.0 Å². The molecular formula is C17H26BrN2O+. The van der Waals surface area contributed by atoms with Gasteiger partial charge in [0.2, 0.25) is 5.91 Å². The van der Waals surface area contributed by atoms with Crippen molar-refractivity contribution >= 4 is 21.8 Å². The number of carbonyl (C=O) groups is 1. The molecule has 1 unspecified atom stereocenters. The minimum absolute atomic E-state index is 0.209. The van der Waals surface area contributed by atoms with Crippen LogP contribution in [0.1, 0.15) is 32.3 Å². The second-order valence-corrected chi connectivity index (χ2v) is 6.78. The first-order valence-electron chi connectivity index (χ1n) is 8.00. The van der Waals surface area contributed by atoms with E-state index in [1.54, 1.807) is 0 Å². The van der Waals surface area contributed by atoms with Crippen LogP contribution in [0.3, 0.4) is 0 Å².